The van der Waals surface area contributed by atoms with Crippen molar-refractivity contribution in [3.05, 3.63) is 33.9 Å². The fraction of sp³-hybridized carbons (Fsp3) is 0.529. The minimum Gasteiger partial charge on any atom is -0.741 e. The molecule has 1 aromatic rings. The van der Waals surface area contributed by atoms with Gasteiger partial charge in [0.15, 0.2) is 22.4 Å². The van der Waals surface area contributed by atoms with E-state index in [1.54, 1.807) is 0 Å². The minimum atomic E-state index is -6.09. The van der Waals surface area contributed by atoms with Crippen molar-refractivity contribution in [3.8, 4) is 9.85 Å². The van der Waals surface area contributed by atoms with Gasteiger partial charge in [-0.3, -0.25) is 0 Å². The molecular weight excluding hydrogens is 512 g/mol. The van der Waals surface area contributed by atoms with E-state index >= 15 is 0 Å². The van der Waals surface area contributed by atoms with E-state index < -0.39 is 23.9 Å². The highest BCUT2D eigenvalue weighted by Crippen LogP contribution is 2.36. The molecule has 0 bridgehead atoms. The number of hydrogen-bond donors (Lipinski definition) is 0. The lowest BCUT2D eigenvalue weighted by atomic mass is 10.2. The summed E-state index contributed by atoms with van der Waals surface area (Å²) in [5, 5.41) is 0.289. The molecule has 0 N–H and O–H groups in total. The van der Waals surface area contributed by atoms with Crippen molar-refractivity contribution in [2.45, 2.75) is 50.8 Å². The number of alkyl halides is 3. The van der Waals surface area contributed by atoms with Crippen LogP contribution in [0.25, 0.3) is 0 Å². The van der Waals surface area contributed by atoms with Crippen LogP contribution in [0.5, 0.6) is 0 Å². The van der Waals surface area contributed by atoms with Crippen LogP contribution in [-0.2, 0) is 14.5 Å². The van der Waals surface area contributed by atoms with Gasteiger partial charge in [-0.25, -0.2) is 8.42 Å². The molecule has 0 atom stereocenters. The van der Waals surface area contributed by atoms with Crippen molar-refractivity contribution in [1.82, 2.24) is 0 Å². The van der Waals surface area contributed by atoms with Gasteiger partial charge in [-0.1, -0.05) is 39.0 Å². The second-order valence-corrected chi connectivity index (χ2v) is 15.4. The molecule has 0 saturated heterocycles. The van der Waals surface area contributed by atoms with Crippen LogP contribution in [-0.4, -0.2) is 33.4 Å². The first-order chi connectivity index (χ1) is 12.1. The average Bonchev–Trinajstić information content (AvgIpc) is 2.49. The van der Waals surface area contributed by atoms with Gasteiger partial charge in [0.1, 0.15) is 0 Å². The Labute approximate surface area is 171 Å². The maximum Gasteiger partial charge on any atom is 0.485 e. The summed E-state index contributed by atoms with van der Waals surface area (Å²) < 4.78 is 69.7. The minimum absolute atomic E-state index is 0.148. The molecule has 0 aliphatic heterocycles. The van der Waals surface area contributed by atoms with Crippen molar-refractivity contribution >= 4 is 18.4 Å². The van der Waals surface area contributed by atoms with Crippen molar-refractivity contribution in [1.29, 1.82) is 0 Å². The Kier molecular flexibility index (Phi) is 10.6. The molecule has 27 heavy (non-hydrogen) atoms. The molecule has 1 rings (SSSR count). The molecule has 0 aromatic heterocycles. The second kappa shape index (κ2) is 10.8. The summed E-state index contributed by atoms with van der Waals surface area (Å²) in [5.41, 5.74) is -5.65. The molecule has 0 unspecified atom stereocenters. The van der Waals surface area contributed by atoms with Crippen LogP contribution in [0.2, 0.25) is 18.1 Å². The average molecular weight is 536 g/mol. The first kappa shape index (κ1) is 26.4. The molecule has 154 valence electrons. The van der Waals surface area contributed by atoms with Gasteiger partial charge in [-0.05, 0) is 36.2 Å². The first-order valence-electron chi connectivity index (χ1n) is 7.91. The summed E-state index contributed by atoms with van der Waals surface area (Å²) in [6.45, 7) is 12.2. The first-order valence-corrected chi connectivity index (χ1v) is 14.4. The molecule has 0 amide bonds. The van der Waals surface area contributed by atoms with Gasteiger partial charge in [0.25, 0.3) is 0 Å². The molecule has 0 fully saturated rings. The fourth-order valence-electron chi connectivity index (χ4n) is 1.19. The van der Waals surface area contributed by atoms with Gasteiger partial charge < -0.3 is 8.98 Å². The highest BCUT2D eigenvalue weighted by Gasteiger charge is 2.37. The van der Waals surface area contributed by atoms with Crippen molar-refractivity contribution in [3.63, 3.8) is 0 Å². The molecule has 0 saturated carbocycles. The SMILES string of the molecule is CC(C)(C)[Si](C)(C)OCCC#C[I+]c1ccccc1.O=S(=O)([O-])C(F)(F)F. The maximum absolute atomic E-state index is 10.7. The lowest BCUT2D eigenvalue weighted by Crippen LogP contribution is -3.59. The molecule has 0 aliphatic rings. The van der Waals surface area contributed by atoms with Crippen LogP contribution < -0.4 is 21.2 Å². The van der Waals surface area contributed by atoms with E-state index in [9.17, 15) is 13.2 Å². The lowest BCUT2D eigenvalue weighted by molar-refractivity contribution is -0.535. The zero-order valence-electron chi connectivity index (χ0n) is 15.9. The molecule has 10 heteroatoms. The molecule has 0 spiro atoms. The molecule has 0 aliphatic carbocycles. The van der Waals surface area contributed by atoms with E-state index in [-0.39, 0.29) is 26.2 Å². The van der Waals surface area contributed by atoms with E-state index in [1.807, 2.05) is 6.07 Å². The van der Waals surface area contributed by atoms with Gasteiger partial charge in [-0.15, -0.1) is 0 Å². The van der Waals surface area contributed by atoms with Gasteiger partial charge in [0.05, 0.1) is 0 Å². The Balaban J connectivity index is 0.000000713. The largest absolute Gasteiger partial charge is 0.741 e. The summed E-state index contributed by atoms with van der Waals surface area (Å²) in [6.07, 6.45) is 0.860. The third-order valence-corrected chi connectivity index (χ3v) is 10.8. The highest BCUT2D eigenvalue weighted by molar-refractivity contribution is 7.86. The van der Waals surface area contributed by atoms with E-state index in [0.29, 0.717) is 0 Å². The summed E-state index contributed by atoms with van der Waals surface area (Å²) in [5.74, 6) is 3.25. The summed E-state index contributed by atoms with van der Waals surface area (Å²) >= 11 is -0.148. The van der Waals surface area contributed by atoms with E-state index in [4.69, 9.17) is 17.4 Å². The summed E-state index contributed by atoms with van der Waals surface area (Å²) in [7, 11) is -7.68. The zero-order chi connectivity index (χ0) is 21.4. The Hall–Kier alpha value is -0.613. The number of benzene rings is 1. The van der Waals surface area contributed by atoms with Crippen molar-refractivity contribution in [2.24, 2.45) is 0 Å². The van der Waals surface area contributed by atoms with Crippen LogP contribution in [0.3, 0.4) is 0 Å². The van der Waals surface area contributed by atoms with Crippen LogP contribution in [0.4, 0.5) is 13.2 Å². The Morgan fingerprint density at radius 3 is 2.04 bits per heavy atom. The third kappa shape index (κ3) is 11.1. The predicted molar refractivity (Wildman–Crippen MR) is 96.4 cm³/mol. The smallest absolute Gasteiger partial charge is 0.485 e. The highest BCUT2D eigenvalue weighted by atomic mass is 127. The standard InChI is InChI=1S/C16H24IOSi.CHF3O3S/c1-16(2,3)19(4,5)18-14-10-9-13-17-15-11-7-6-8-12-15;2-1(3,4)8(5,6)7/h6-8,11-12H,10,14H2,1-5H3;(H,5,6,7)/q+1;/p-1. The van der Waals surface area contributed by atoms with Crippen LogP contribution >= 0.6 is 0 Å². The molecule has 1 aromatic carbocycles. The van der Waals surface area contributed by atoms with Gasteiger partial charge in [-0.2, -0.15) is 13.2 Å². The molecule has 0 heterocycles. The van der Waals surface area contributed by atoms with Gasteiger partial charge in [0, 0.05) is 13.0 Å². The van der Waals surface area contributed by atoms with Crippen molar-refractivity contribution in [2.75, 3.05) is 6.61 Å². The monoisotopic (exact) mass is 536 g/mol. The number of halogens is 4. The van der Waals surface area contributed by atoms with Gasteiger partial charge in [0.2, 0.25) is 3.57 Å². The Bertz CT molecular complexity index is 733. The molecular formula is C17H24F3IO4SSi. The summed E-state index contributed by atoms with van der Waals surface area (Å²) in [6, 6.07) is 10.5. The van der Waals surface area contributed by atoms with Crippen LogP contribution in [0, 0.1) is 13.4 Å². The zero-order valence-corrected chi connectivity index (χ0v) is 19.8. The topological polar surface area (TPSA) is 66.4 Å². The quantitative estimate of drug-likeness (QED) is 0.146. The van der Waals surface area contributed by atoms with Gasteiger partial charge >= 0.3 is 26.7 Å². The normalized spacial score (nSPS) is 12.5. The second-order valence-electron chi connectivity index (χ2n) is 6.92. The predicted octanol–water partition coefficient (Wildman–Crippen LogP) is 1.37. The van der Waals surface area contributed by atoms with E-state index in [1.165, 1.54) is 3.57 Å². The van der Waals surface area contributed by atoms with Crippen LogP contribution in [0.1, 0.15) is 27.2 Å². The van der Waals surface area contributed by atoms with E-state index in [2.05, 4.69) is 68.0 Å². The lowest BCUT2D eigenvalue weighted by Gasteiger charge is -2.35. The Morgan fingerprint density at radius 1 is 1.15 bits per heavy atom. The molecule has 4 nitrogen and oxygen atoms in total. The van der Waals surface area contributed by atoms with Crippen LogP contribution in [0.15, 0.2) is 30.3 Å². The fourth-order valence-corrected chi connectivity index (χ4v) is 3.78. The summed E-state index contributed by atoms with van der Waals surface area (Å²) in [4.78, 5) is 0. The number of rotatable bonds is 4. The maximum atomic E-state index is 10.7. The Morgan fingerprint density at radius 2 is 1.63 bits per heavy atom. The van der Waals surface area contributed by atoms with Crippen molar-refractivity contribution < 1.29 is 51.8 Å². The molecule has 0 radical (unpaired) electrons. The van der Waals surface area contributed by atoms with E-state index in [0.717, 1.165) is 13.0 Å². The number of hydrogen-bond acceptors (Lipinski definition) is 4. The third-order valence-electron chi connectivity index (χ3n) is 3.74.